The molecule has 0 aliphatic heterocycles. The van der Waals surface area contributed by atoms with Crippen LogP contribution >= 0.6 is 0 Å². The van der Waals surface area contributed by atoms with Crippen molar-refractivity contribution in [2.24, 2.45) is 9.98 Å². The highest BCUT2D eigenvalue weighted by Gasteiger charge is 2.35. The van der Waals surface area contributed by atoms with Gasteiger partial charge in [0.15, 0.2) is 0 Å². The number of isocyanates is 2. The number of aliphatic imine (C=N–C) groups is 2. The molecule has 4 heteroatoms. The minimum Gasteiger partial charge on any atom is -0.211 e. The molecule has 0 saturated heterocycles. The normalized spacial score (nSPS) is 10.3. The molecule has 0 unspecified atom stereocenters. The molecule has 0 aromatic heterocycles. The van der Waals surface area contributed by atoms with Gasteiger partial charge in [-0.05, 0) is 66.1 Å². The predicted molar refractivity (Wildman–Crippen MR) is 127 cm³/mol. The largest absolute Gasteiger partial charge is 0.240 e. The second-order valence-electron chi connectivity index (χ2n) is 7.10. The summed E-state index contributed by atoms with van der Waals surface area (Å²) in [5, 5.41) is 0. The SMILES string of the molecule is C=CCc1c(N=C=O)ccc(C(CC=C)(CC=C)c2ccc(N=C=O)cc2)c1CC=C. The number of hydrogen-bond donors (Lipinski definition) is 0. The van der Waals surface area contributed by atoms with Crippen molar-refractivity contribution in [2.75, 3.05) is 0 Å². The van der Waals surface area contributed by atoms with Crippen molar-refractivity contribution in [1.82, 2.24) is 0 Å². The average Bonchev–Trinajstić information content (AvgIpc) is 2.77. The standard InChI is InChI=1S/C27H26N2O2/c1-5-9-23-24(10-6-2)26(29-20-31)16-15-25(23)27(17-7-3,18-8-4)21-11-13-22(14-12-21)28-19-30/h5-8,11-16H,1-4,9-10,17-18H2. The van der Waals surface area contributed by atoms with Crippen LogP contribution in [0.25, 0.3) is 0 Å². The molecule has 0 fully saturated rings. The number of carbonyl (C=O) groups excluding carboxylic acids is 2. The summed E-state index contributed by atoms with van der Waals surface area (Å²) >= 11 is 0. The molecule has 0 spiro atoms. The maximum atomic E-state index is 11.0. The molecule has 0 heterocycles. The molecule has 4 nitrogen and oxygen atoms in total. The van der Waals surface area contributed by atoms with E-state index in [9.17, 15) is 9.59 Å². The lowest BCUT2D eigenvalue weighted by molar-refractivity contribution is 0.524. The fourth-order valence-electron chi connectivity index (χ4n) is 4.13. The van der Waals surface area contributed by atoms with Gasteiger partial charge in [-0.25, -0.2) is 9.59 Å². The van der Waals surface area contributed by atoms with Crippen molar-refractivity contribution in [3.8, 4) is 0 Å². The van der Waals surface area contributed by atoms with E-state index in [2.05, 4.69) is 36.3 Å². The van der Waals surface area contributed by atoms with Gasteiger partial charge in [0, 0.05) is 5.41 Å². The van der Waals surface area contributed by atoms with E-state index in [4.69, 9.17) is 0 Å². The third-order valence-electron chi connectivity index (χ3n) is 5.37. The molecule has 31 heavy (non-hydrogen) atoms. The van der Waals surface area contributed by atoms with Gasteiger partial charge in [-0.2, -0.15) is 9.98 Å². The molecule has 0 radical (unpaired) electrons. The number of hydrogen-bond acceptors (Lipinski definition) is 4. The van der Waals surface area contributed by atoms with E-state index in [1.54, 1.807) is 30.4 Å². The number of allylic oxidation sites excluding steroid dienone is 4. The molecule has 0 N–H and O–H groups in total. The minimum atomic E-state index is -0.454. The van der Waals surface area contributed by atoms with Crippen molar-refractivity contribution in [2.45, 2.75) is 31.1 Å². The van der Waals surface area contributed by atoms with Gasteiger partial charge >= 0.3 is 0 Å². The van der Waals surface area contributed by atoms with E-state index in [0.717, 1.165) is 22.3 Å². The lowest BCUT2D eigenvalue weighted by Crippen LogP contribution is -2.28. The molecule has 0 aliphatic carbocycles. The molecule has 0 saturated carbocycles. The third-order valence-corrected chi connectivity index (χ3v) is 5.37. The third kappa shape index (κ3) is 5.02. The van der Waals surface area contributed by atoms with E-state index < -0.39 is 5.41 Å². The van der Waals surface area contributed by atoms with Gasteiger partial charge in [-0.15, -0.1) is 26.3 Å². The quantitative estimate of drug-likeness (QED) is 0.227. The first kappa shape index (κ1) is 23.4. The summed E-state index contributed by atoms with van der Waals surface area (Å²) in [7, 11) is 0. The predicted octanol–water partition coefficient (Wildman–Crippen LogP) is 6.52. The molecule has 0 amide bonds. The first-order valence-corrected chi connectivity index (χ1v) is 9.96. The monoisotopic (exact) mass is 410 g/mol. The van der Waals surface area contributed by atoms with E-state index in [0.29, 0.717) is 37.1 Å². The van der Waals surface area contributed by atoms with Gasteiger partial charge in [0.25, 0.3) is 0 Å². The zero-order valence-corrected chi connectivity index (χ0v) is 17.6. The zero-order chi connectivity index (χ0) is 22.7. The second kappa shape index (κ2) is 11.4. The number of nitrogens with zero attached hydrogens (tertiary/aromatic N) is 2. The van der Waals surface area contributed by atoms with Crippen LogP contribution in [-0.4, -0.2) is 12.2 Å². The maximum Gasteiger partial charge on any atom is 0.240 e. The van der Waals surface area contributed by atoms with Gasteiger partial charge in [0.1, 0.15) is 0 Å². The van der Waals surface area contributed by atoms with Crippen LogP contribution in [0.1, 0.15) is 35.1 Å². The molecule has 2 aromatic rings. The van der Waals surface area contributed by atoms with Gasteiger partial charge < -0.3 is 0 Å². The molecular formula is C27H26N2O2. The van der Waals surface area contributed by atoms with Crippen LogP contribution in [0.4, 0.5) is 11.4 Å². The topological polar surface area (TPSA) is 58.9 Å². The van der Waals surface area contributed by atoms with E-state index in [1.807, 2.05) is 42.5 Å². The Hall–Kier alpha value is -3.84. The Morgan fingerprint density at radius 1 is 0.742 bits per heavy atom. The van der Waals surface area contributed by atoms with Crippen molar-refractivity contribution in [3.05, 3.63) is 109 Å². The fraction of sp³-hybridized carbons (Fsp3) is 0.185. The summed E-state index contributed by atoms with van der Waals surface area (Å²) in [4.78, 5) is 29.2. The van der Waals surface area contributed by atoms with Gasteiger partial charge in [-0.1, -0.05) is 42.5 Å². The van der Waals surface area contributed by atoms with Crippen LogP contribution in [0.15, 0.2) is 97.0 Å². The molecule has 2 rings (SSSR count). The second-order valence-corrected chi connectivity index (χ2v) is 7.10. The van der Waals surface area contributed by atoms with Gasteiger partial charge in [-0.3, -0.25) is 0 Å². The Morgan fingerprint density at radius 2 is 1.32 bits per heavy atom. The highest BCUT2D eigenvalue weighted by molar-refractivity contribution is 5.62. The maximum absolute atomic E-state index is 11.0. The van der Waals surface area contributed by atoms with E-state index >= 15 is 0 Å². The lowest BCUT2D eigenvalue weighted by atomic mass is 9.67. The average molecular weight is 411 g/mol. The summed E-state index contributed by atoms with van der Waals surface area (Å²) in [5.74, 6) is 0. The Balaban J connectivity index is 2.91. The van der Waals surface area contributed by atoms with Crippen LogP contribution in [0, 0.1) is 0 Å². The summed E-state index contributed by atoms with van der Waals surface area (Å²) in [6, 6.07) is 11.4. The Morgan fingerprint density at radius 3 is 1.84 bits per heavy atom. The summed E-state index contributed by atoms with van der Waals surface area (Å²) in [6.45, 7) is 15.8. The molecular weight excluding hydrogens is 384 g/mol. The first-order chi connectivity index (χ1) is 15.1. The summed E-state index contributed by atoms with van der Waals surface area (Å²) in [6.07, 6.45) is 13.1. The Labute approximate surface area is 183 Å². The molecule has 2 aromatic carbocycles. The van der Waals surface area contributed by atoms with Crippen molar-refractivity contribution >= 4 is 23.5 Å². The van der Waals surface area contributed by atoms with E-state index in [-0.39, 0.29) is 0 Å². The van der Waals surface area contributed by atoms with Crippen LogP contribution in [0.3, 0.4) is 0 Å². The zero-order valence-electron chi connectivity index (χ0n) is 17.6. The molecule has 156 valence electrons. The van der Waals surface area contributed by atoms with Gasteiger partial charge in [0.2, 0.25) is 12.2 Å². The van der Waals surface area contributed by atoms with E-state index in [1.165, 1.54) is 0 Å². The highest BCUT2D eigenvalue weighted by atomic mass is 16.1. The molecule has 0 aliphatic rings. The van der Waals surface area contributed by atoms with Crippen LogP contribution in [0.5, 0.6) is 0 Å². The van der Waals surface area contributed by atoms with Crippen LogP contribution < -0.4 is 0 Å². The first-order valence-electron chi connectivity index (χ1n) is 9.96. The smallest absolute Gasteiger partial charge is 0.211 e. The minimum absolute atomic E-state index is 0.454. The van der Waals surface area contributed by atoms with Crippen LogP contribution in [-0.2, 0) is 27.8 Å². The highest BCUT2D eigenvalue weighted by Crippen LogP contribution is 2.44. The number of benzene rings is 2. The van der Waals surface area contributed by atoms with Crippen molar-refractivity contribution in [3.63, 3.8) is 0 Å². The van der Waals surface area contributed by atoms with Crippen LogP contribution in [0.2, 0.25) is 0 Å². The molecule has 0 atom stereocenters. The van der Waals surface area contributed by atoms with Crippen molar-refractivity contribution < 1.29 is 9.59 Å². The van der Waals surface area contributed by atoms with Crippen molar-refractivity contribution in [1.29, 1.82) is 0 Å². The summed E-state index contributed by atoms with van der Waals surface area (Å²) in [5.41, 5.74) is 4.76. The fourth-order valence-corrected chi connectivity index (χ4v) is 4.13. The number of rotatable bonds is 12. The molecule has 0 bridgehead atoms. The Bertz CT molecular complexity index is 1060. The lowest BCUT2D eigenvalue weighted by Gasteiger charge is -2.36. The van der Waals surface area contributed by atoms with Gasteiger partial charge in [0.05, 0.1) is 11.4 Å². The summed E-state index contributed by atoms with van der Waals surface area (Å²) < 4.78 is 0. The Kier molecular flexibility index (Phi) is 8.60.